The smallest absolute Gasteiger partial charge is 0.303 e. The summed E-state index contributed by atoms with van der Waals surface area (Å²) in [5, 5.41) is 8.45. The molecular weight excluding hydrogens is 158 g/mol. The molecule has 0 aromatic heterocycles. The van der Waals surface area contributed by atoms with E-state index >= 15 is 0 Å². The molecule has 3 N–H and O–H groups in total. The van der Waals surface area contributed by atoms with Gasteiger partial charge in [-0.25, -0.2) is 0 Å². The van der Waals surface area contributed by atoms with Crippen molar-refractivity contribution in [1.82, 2.24) is 0 Å². The Morgan fingerprint density at radius 2 is 2.42 bits per heavy atom. The SMILES string of the molecule is NC1CCOCC1CCC(=O)O. The highest BCUT2D eigenvalue weighted by Crippen LogP contribution is 2.17. The lowest BCUT2D eigenvalue weighted by molar-refractivity contribution is -0.137. The zero-order valence-electron chi connectivity index (χ0n) is 7.03. The van der Waals surface area contributed by atoms with Gasteiger partial charge in [0.15, 0.2) is 0 Å². The van der Waals surface area contributed by atoms with Crippen LogP contribution in [0.15, 0.2) is 0 Å². The summed E-state index contributed by atoms with van der Waals surface area (Å²) in [6.45, 7) is 1.33. The summed E-state index contributed by atoms with van der Waals surface area (Å²) in [7, 11) is 0. The molecule has 0 aliphatic carbocycles. The number of rotatable bonds is 3. The standard InChI is InChI=1S/C8H15NO3/c9-7-3-4-12-5-6(7)1-2-8(10)11/h6-7H,1-5,9H2,(H,10,11). The molecule has 4 nitrogen and oxygen atoms in total. The maximum Gasteiger partial charge on any atom is 0.303 e. The molecule has 0 bridgehead atoms. The van der Waals surface area contributed by atoms with Gasteiger partial charge in [0, 0.05) is 19.1 Å². The molecule has 1 heterocycles. The van der Waals surface area contributed by atoms with Crippen molar-refractivity contribution in [2.24, 2.45) is 11.7 Å². The van der Waals surface area contributed by atoms with Crippen LogP contribution in [-0.4, -0.2) is 30.3 Å². The van der Waals surface area contributed by atoms with Crippen LogP contribution in [-0.2, 0) is 9.53 Å². The monoisotopic (exact) mass is 173 g/mol. The fourth-order valence-electron chi connectivity index (χ4n) is 1.42. The van der Waals surface area contributed by atoms with Gasteiger partial charge in [-0.15, -0.1) is 0 Å². The van der Waals surface area contributed by atoms with Crippen LogP contribution in [0.2, 0.25) is 0 Å². The zero-order chi connectivity index (χ0) is 8.97. The summed E-state index contributed by atoms with van der Waals surface area (Å²) >= 11 is 0. The first kappa shape index (κ1) is 9.48. The average Bonchev–Trinajstić information content (AvgIpc) is 2.03. The van der Waals surface area contributed by atoms with E-state index in [0.29, 0.717) is 19.6 Å². The van der Waals surface area contributed by atoms with Gasteiger partial charge in [0.25, 0.3) is 0 Å². The lowest BCUT2D eigenvalue weighted by Gasteiger charge is -2.28. The number of hydrogen-bond donors (Lipinski definition) is 2. The topological polar surface area (TPSA) is 72.5 Å². The Labute approximate surface area is 71.7 Å². The third-order valence-corrected chi connectivity index (χ3v) is 2.26. The van der Waals surface area contributed by atoms with E-state index in [0.717, 1.165) is 6.42 Å². The molecule has 2 unspecified atom stereocenters. The van der Waals surface area contributed by atoms with Gasteiger partial charge in [0.05, 0.1) is 6.61 Å². The minimum atomic E-state index is -0.757. The summed E-state index contributed by atoms with van der Waals surface area (Å²) in [6, 6.07) is 0.123. The summed E-state index contributed by atoms with van der Waals surface area (Å²) in [5.41, 5.74) is 5.79. The Bertz CT molecular complexity index is 160. The van der Waals surface area contributed by atoms with Crippen LogP contribution in [0, 0.1) is 5.92 Å². The van der Waals surface area contributed by atoms with Gasteiger partial charge >= 0.3 is 5.97 Å². The van der Waals surface area contributed by atoms with Crippen molar-refractivity contribution in [3.05, 3.63) is 0 Å². The average molecular weight is 173 g/mol. The second-order valence-electron chi connectivity index (χ2n) is 3.22. The molecule has 0 spiro atoms. The molecule has 2 atom stereocenters. The normalized spacial score (nSPS) is 30.1. The highest BCUT2D eigenvalue weighted by Gasteiger charge is 2.22. The lowest BCUT2D eigenvalue weighted by atomic mass is 9.92. The Balaban J connectivity index is 2.24. The fraction of sp³-hybridized carbons (Fsp3) is 0.875. The molecule has 1 saturated heterocycles. The van der Waals surface area contributed by atoms with Crippen LogP contribution in [0.3, 0.4) is 0 Å². The van der Waals surface area contributed by atoms with Gasteiger partial charge in [-0.2, -0.15) is 0 Å². The summed E-state index contributed by atoms with van der Waals surface area (Å²) in [4.78, 5) is 10.3. The Morgan fingerprint density at radius 1 is 1.67 bits per heavy atom. The van der Waals surface area contributed by atoms with Crippen molar-refractivity contribution in [2.45, 2.75) is 25.3 Å². The molecular formula is C8H15NO3. The number of aliphatic carboxylic acids is 1. The van der Waals surface area contributed by atoms with Gasteiger partial charge in [-0.1, -0.05) is 0 Å². The van der Waals surface area contributed by atoms with Crippen molar-refractivity contribution >= 4 is 5.97 Å². The summed E-state index contributed by atoms with van der Waals surface area (Å²) < 4.78 is 5.21. The fourth-order valence-corrected chi connectivity index (χ4v) is 1.42. The minimum absolute atomic E-state index is 0.123. The van der Waals surface area contributed by atoms with Crippen molar-refractivity contribution in [3.63, 3.8) is 0 Å². The first-order valence-corrected chi connectivity index (χ1v) is 4.25. The van der Waals surface area contributed by atoms with E-state index < -0.39 is 5.97 Å². The third kappa shape index (κ3) is 2.79. The molecule has 1 aliphatic heterocycles. The number of hydrogen-bond acceptors (Lipinski definition) is 3. The van der Waals surface area contributed by atoms with Crippen LogP contribution in [0.1, 0.15) is 19.3 Å². The maximum atomic E-state index is 10.3. The van der Waals surface area contributed by atoms with E-state index in [4.69, 9.17) is 15.6 Å². The number of carboxylic acids is 1. The van der Waals surface area contributed by atoms with Gasteiger partial charge in [-0.3, -0.25) is 4.79 Å². The molecule has 1 aliphatic rings. The van der Waals surface area contributed by atoms with Crippen LogP contribution in [0.5, 0.6) is 0 Å². The maximum absolute atomic E-state index is 10.3. The zero-order valence-corrected chi connectivity index (χ0v) is 7.03. The number of carbonyl (C=O) groups is 1. The number of nitrogens with two attached hydrogens (primary N) is 1. The molecule has 0 saturated carbocycles. The Hall–Kier alpha value is -0.610. The minimum Gasteiger partial charge on any atom is -0.481 e. The molecule has 12 heavy (non-hydrogen) atoms. The first-order chi connectivity index (χ1) is 5.70. The largest absolute Gasteiger partial charge is 0.481 e. The molecule has 70 valence electrons. The summed E-state index contributed by atoms with van der Waals surface area (Å²) in [5.74, 6) is -0.525. The lowest BCUT2D eigenvalue weighted by Crippen LogP contribution is -2.38. The van der Waals surface area contributed by atoms with Crippen LogP contribution in [0.25, 0.3) is 0 Å². The molecule has 0 radical (unpaired) electrons. The number of ether oxygens (including phenoxy) is 1. The Kier molecular flexibility index (Phi) is 3.49. The molecule has 1 rings (SSSR count). The van der Waals surface area contributed by atoms with E-state index in [1.807, 2.05) is 0 Å². The van der Waals surface area contributed by atoms with Gasteiger partial charge < -0.3 is 15.6 Å². The van der Waals surface area contributed by atoms with Crippen molar-refractivity contribution < 1.29 is 14.6 Å². The van der Waals surface area contributed by atoms with E-state index in [1.165, 1.54) is 0 Å². The second kappa shape index (κ2) is 4.42. The Morgan fingerprint density at radius 3 is 3.00 bits per heavy atom. The van der Waals surface area contributed by atoms with Crippen molar-refractivity contribution in [1.29, 1.82) is 0 Å². The van der Waals surface area contributed by atoms with E-state index in [9.17, 15) is 4.79 Å². The van der Waals surface area contributed by atoms with Crippen molar-refractivity contribution in [2.75, 3.05) is 13.2 Å². The predicted molar refractivity (Wildman–Crippen MR) is 43.8 cm³/mol. The van der Waals surface area contributed by atoms with E-state index in [2.05, 4.69) is 0 Å². The van der Waals surface area contributed by atoms with Gasteiger partial charge in [0.1, 0.15) is 0 Å². The van der Waals surface area contributed by atoms with Crippen molar-refractivity contribution in [3.8, 4) is 0 Å². The van der Waals surface area contributed by atoms with Gasteiger partial charge in [0.2, 0.25) is 0 Å². The molecule has 1 fully saturated rings. The van der Waals surface area contributed by atoms with Gasteiger partial charge in [-0.05, 0) is 18.8 Å². The molecule has 4 heteroatoms. The summed E-state index contributed by atoms with van der Waals surface area (Å²) in [6.07, 6.45) is 1.68. The highest BCUT2D eigenvalue weighted by molar-refractivity contribution is 5.66. The van der Waals surface area contributed by atoms with E-state index in [1.54, 1.807) is 0 Å². The third-order valence-electron chi connectivity index (χ3n) is 2.26. The first-order valence-electron chi connectivity index (χ1n) is 4.25. The van der Waals surface area contributed by atoms with E-state index in [-0.39, 0.29) is 18.4 Å². The molecule has 0 aromatic rings. The van der Waals surface area contributed by atoms with Crippen LogP contribution in [0.4, 0.5) is 0 Å². The quantitative estimate of drug-likeness (QED) is 0.640. The predicted octanol–water partition coefficient (Wildman–Crippen LogP) is 0.215. The number of carboxylic acid groups (broad SMARTS) is 1. The molecule has 0 amide bonds. The highest BCUT2D eigenvalue weighted by atomic mass is 16.5. The molecule has 0 aromatic carbocycles. The van der Waals surface area contributed by atoms with Crippen LogP contribution < -0.4 is 5.73 Å². The second-order valence-corrected chi connectivity index (χ2v) is 3.22. The van der Waals surface area contributed by atoms with Crippen LogP contribution >= 0.6 is 0 Å².